The van der Waals surface area contributed by atoms with E-state index in [2.05, 4.69) is 5.43 Å². The van der Waals surface area contributed by atoms with E-state index in [0.717, 1.165) is 27.3 Å². The first-order valence-corrected chi connectivity index (χ1v) is 15.4. The molecule has 0 unspecified atom stereocenters. The van der Waals surface area contributed by atoms with Crippen molar-refractivity contribution in [1.29, 1.82) is 0 Å². The quantitative estimate of drug-likeness (QED) is 0.309. The molecule has 7 rings (SSSR count). The topological polar surface area (TPSA) is 116 Å². The van der Waals surface area contributed by atoms with Crippen LogP contribution >= 0.6 is 0 Å². The molecule has 6 atom stereocenters. The average Bonchev–Trinajstić information content (AvgIpc) is 3.42. The van der Waals surface area contributed by atoms with E-state index in [0.29, 0.717) is 17.9 Å². The van der Waals surface area contributed by atoms with Gasteiger partial charge in [-0.1, -0.05) is 71.8 Å². The monoisotopic (exact) mass is 605 g/mol. The number of fused-ring (bicyclic) bond motifs is 4. The normalized spacial score (nSPS) is 28.9. The Balaban J connectivity index is 1.43. The molecular weight excluding hydrogens is 570 g/mol. The molecule has 0 bridgehead atoms. The Kier molecular flexibility index (Phi) is 7.08. The second-order valence-electron chi connectivity index (χ2n) is 12.5. The number of nitrogens with one attached hydrogen (secondary N) is 1. The summed E-state index contributed by atoms with van der Waals surface area (Å²) in [4.78, 5) is 57.5. The van der Waals surface area contributed by atoms with Gasteiger partial charge in [-0.25, -0.2) is 0 Å². The van der Waals surface area contributed by atoms with E-state index in [1.165, 1.54) is 11.9 Å². The number of allylic oxidation sites excluding steroid dienone is 2. The fourth-order valence-corrected chi connectivity index (χ4v) is 8.20. The van der Waals surface area contributed by atoms with E-state index in [-0.39, 0.29) is 43.3 Å². The number of carbonyl (C=O) groups is 4. The number of ether oxygens (including phenoxy) is 1. The van der Waals surface area contributed by atoms with E-state index in [1.807, 2.05) is 79.7 Å². The van der Waals surface area contributed by atoms with E-state index in [4.69, 9.17) is 4.74 Å². The molecular formula is C36H35N3O6. The van der Waals surface area contributed by atoms with Crippen molar-refractivity contribution in [3.8, 4) is 5.75 Å². The molecule has 230 valence electrons. The number of rotatable bonds is 7. The fraction of sp³-hybridized carbons (Fsp3) is 0.333. The molecule has 4 aliphatic rings. The molecule has 3 fully saturated rings. The summed E-state index contributed by atoms with van der Waals surface area (Å²) in [5.41, 5.74) is 5.90. The Bertz CT molecular complexity index is 1700. The van der Waals surface area contributed by atoms with Gasteiger partial charge in [0, 0.05) is 13.0 Å². The first kappa shape index (κ1) is 29.0. The summed E-state index contributed by atoms with van der Waals surface area (Å²) < 4.78 is 5.63. The molecule has 1 saturated carbocycles. The van der Waals surface area contributed by atoms with Gasteiger partial charge in [-0.05, 0) is 61.1 Å². The number of amides is 4. The Morgan fingerprint density at radius 3 is 2.29 bits per heavy atom. The molecule has 2 aliphatic carbocycles. The molecule has 3 aromatic carbocycles. The van der Waals surface area contributed by atoms with E-state index < -0.39 is 35.0 Å². The van der Waals surface area contributed by atoms with Gasteiger partial charge in [0.25, 0.3) is 11.8 Å². The maximum Gasteiger partial charge on any atom is 0.260 e. The Hall–Kier alpha value is -4.76. The fourth-order valence-electron chi connectivity index (χ4n) is 8.20. The number of anilines is 1. The number of carbonyl (C=O) groups excluding carboxylic acids is 4. The van der Waals surface area contributed by atoms with Gasteiger partial charge in [-0.15, -0.1) is 0 Å². The number of benzene rings is 3. The maximum atomic E-state index is 15.0. The molecule has 45 heavy (non-hydrogen) atoms. The van der Waals surface area contributed by atoms with E-state index in [9.17, 15) is 19.5 Å². The number of hydrazine groups is 1. The number of imide groups is 2. The first-order valence-electron chi connectivity index (χ1n) is 15.4. The lowest BCUT2D eigenvalue weighted by atomic mass is 9.49. The van der Waals surface area contributed by atoms with Crippen molar-refractivity contribution in [3.63, 3.8) is 0 Å². The number of aliphatic hydroxyl groups is 1. The Morgan fingerprint density at radius 2 is 1.60 bits per heavy atom. The average molecular weight is 606 g/mol. The SMILES string of the molecule is Cc1ccc(NN2C(=O)[C@@H]3C[C@@H]4C(=CC[C@@H]5C(=O)N(C)C(=O)[C@@H]54)[C@H](c4ccc(OCCO)cc4)[C@]3(c3ccccc3)C2=O)cc1. The Labute approximate surface area is 261 Å². The molecule has 0 aromatic heterocycles. The van der Waals surface area contributed by atoms with Crippen molar-refractivity contribution >= 4 is 29.3 Å². The van der Waals surface area contributed by atoms with Crippen LogP contribution in [0.25, 0.3) is 0 Å². The molecule has 0 spiro atoms. The number of likely N-dealkylation sites (tertiary alicyclic amines) is 1. The largest absolute Gasteiger partial charge is 0.491 e. The lowest BCUT2D eigenvalue weighted by Crippen LogP contribution is -2.53. The molecule has 2 N–H and O–H groups in total. The van der Waals surface area contributed by atoms with Gasteiger partial charge < -0.3 is 9.84 Å². The summed E-state index contributed by atoms with van der Waals surface area (Å²) in [6.07, 6.45) is 2.70. The van der Waals surface area contributed by atoms with Crippen LogP contribution in [0.1, 0.15) is 35.4 Å². The van der Waals surface area contributed by atoms with Gasteiger partial charge in [-0.2, -0.15) is 5.01 Å². The van der Waals surface area contributed by atoms with Crippen LogP contribution in [-0.2, 0) is 24.6 Å². The zero-order valence-electron chi connectivity index (χ0n) is 25.2. The van der Waals surface area contributed by atoms with Crippen molar-refractivity contribution in [1.82, 2.24) is 9.91 Å². The second-order valence-corrected chi connectivity index (χ2v) is 12.5. The lowest BCUT2D eigenvalue weighted by molar-refractivity contribution is -0.140. The van der Waals surface area contributed by atoms with Crippen LogP contribution in [0.2, 0.25) is 0 Å². The molecule has 9 heteroatoms. The third kappa shape index (κ3) is 4.32. The van der Waals surface area contributed by atoms with Gasteiger partial charge >= 0.3 is 0 Å². The van der Waals surface area contributed by atoms with Gasteiger partial charge in [-0.3, -0.25) is 29.5 Å². The van der Waals surface area contributed by atoms with Gasteiger partial charge in [0.05, 0.1) is 35.5 Å². The van der Waals surface area contributed by atoms with Crippen molar-refractivity contribution in [3.05, 3.63) is 107 Å². The van der Waals surface area contributed by atoms with Crippen molar-refractivity contribution < 1.29 is 29.0 Å². The Morgan fingerprint density at radius 1 is 0.889 bits per heavy atom. The van der Waals surface area contributed by atoms with Gasteiger partial charge in [0.2, 0.25) is 11.8 Å². The number of nitrogens with zero attached hydrogens (tertiary/aromatic N) is 2. The van der Waals surface area contributed by atoms with Crippen LogP contribution in [0, 0.1) is 30.6 Å². The maximum absolute atomic E-state index is 15.0. The van der Waals surface area contributed by atoms with Crippen molar-refractivity contribution in [2.45, 2.75) is 31.1 Å². The molecule has 0 radical (unpaired) electrons. The van der Waals surface area contributed by atoms with Crippen LogP contribution in [0.5, 0.6) is 5.75 Å². The molecule has 3 aromatic rings. The highest BCUT2D eigenvalue weighted by atomic mass is 16.5. The predicted octanol–water partition coefficient (Wildman–Crippen LogP) is 3.98. The smallest absolute Gasteiger partial charge is 0.260 e. The number of hydrogen-bond donors (Lipinski definition) is 2. The lowest BCUT2D eigenvalue weighted by Gasteiger charge is -2.50. The highest BCUT2D eigenvalue weighted by Crippen LogP contribution is 2.64. The second kappa shape index (κ2) is 11.0. The third-order valence-electron chi connectivity index (χ3n) is 10.2. The third-order valence-corrected chi connectivity index (χ3v) is 10.2. The minimum absolute atomic E-state index is 0.123. The zero-order valence-corrected chi connectivity index (χ0v) is 25.2. The van der Waals surface area contributed by atoms with Crippen molar-refractivity contribution in [2.24, 2.45) is 23.7 Å². The summed E-state index contributed by atoms with van der Waals surface area (Å²) >= 11 is 0. The summed E-state index contributed by atoms with van der Waals surface area (Å²) in [6.45, 7) is 1.99. The van der Waals surface area contributed by atoms with Crippen LogP contribution in [0.15, 0.2) is 90.5 Å². The van der Waals surface area contributed by atoms with Crippen LogP contribution in [-0.4, -0.2) is 58.9 Å². The van der Waals surface area contributed by atoms with E-state index in [1.54, 1.807) is 12.1 Å². The van der Waals surface area contributed by atoms with Crippen LogP contribution in [0.4, 0.5) is 5.69 Å². The summed E-state index contributed by atoms with van der Waals surface area (Å²) in [5, 5.41) is 10.4. The molecule has 2 saturated heterocycles. The molecule has 4 amide bonds. The highest BCUT2D eigenvalue weighted by Gasteiger charge is 2.70. The zero-order chi connectivity index (χ0) is 31.5. The number of aryl methyl sites for hydroxylation is 1. The van der Waals surface area contributed by atoms with Crippen LogP contribution in [0.3, 0.4) is 0 Å². The minimum Gasteiger partial charge on any atom is -0.491 e. The number of aliphatic hydroxyl groups excluding tert-OH is 1. The van der Waals surface area contributed by atoms with E-state index >= 15 is 4.79 Å². The number of hydrogen-bond acceptors (Lipinski definition) is 7. The standard InChI is InChI=1S/C36H35N3O6/c1-21-8-12-24(13-9-21)37-39-33(42)29-20-28-26(16-17-27-30(28)34(43)38(2)32(27)41)31(22-10-14-25(15-11-22)45-19-18-40)36(29,35(39)44)23-6-4-3-5-7-23/h3-16,27-31,37,40H,17-20H2,1-2H3/t27-,28+,29-,30-,31-,36+/m0/s1. The summed E-state index contributed by atoms with van der Waals surface area (Å²) in [6, 6.07) is 24.3. The van der Waals surface area contributed by atoms with Crippen molar-refractivity contribution in [2.75, 3.05) is 25.7 Å². The predicted molar refractivity (Wildman–Crippen MR) is 166 cm³/mol. The molecule has 2 aliphatic heterocycles. The van der Waals surface area contributed by atoms with Gasteiger partial charge in [0.15, 0.2) is 0 Å². The first-order chi connectivity index (χ1) is 21.8. The summed E-state index contributed by atoms with van der Waals surface area (Å²) in [7, 11) is 1.53. The summed E-state index contributed by atoms with van der Waals surface area (Å²) in [5.74, 6) is -3.43. The molecule has 9 nitrogen and oxygen atoms in total. The van der Waals surface area contributed by atoms with Gasteiger partial charge in [0.1, 0.15) is 12.4 Å². The highest BCUT2D eigenvalue weighted by molar-refractivity contribution is 6.13. The minimum atomic E-state index is -1.31. The molecule has 2 heterocycles. The van der Waals surface area contributed by atoms with Crippen LogP contribution < -0.4 is 10.2 Å².